The van der Waals surface area contributed by atoms with E-state index in [0.29, 0.717) is 6.61 Å². The van der Waals surface area contributed by atoms with E-state index in [9.17, 15) is 4.79 Å². The number of aromatic amines is 1. The van der Waals surface area contributed by atoms with E-state index >= 15 is 0 Å². The molecule has 1 aromatic carbocycles. The second-order valence-electron chi connectivity index (χ2n) is 3.02. The molecule has 1 N–H and O–H groups in total. The Hall–Kier alpha value is -1.55. The average molecular weight is 221 g/mol. The van der Waals surface area contributed by atoms with Crippen LogP contribution in [0.3, 0.4) is 0 Å². The van der Waals surface area contributed by atoms with Crippen molar-refractivity contribution in [3.05, 3.63) is 39.3 Å². The zero-order valence-electron chi connectivity index (χ0n) is 8.32. The van der Waals surface area contributed by atoms with E-state index in [1.807, 2.05) is 36.6 Å². The summed E-state index contributed by atoms with van der Waals surface area (Å²) in [7, 11) is 0. The highest BCUT2D eigenvalue weighted by Gasteiger charge is 2.00. The van der Waals surface area contributed by atoms with Gasteiger partial charge in [0.25, 0.3) is 0 Å². The highest BCUT2D eigenvalue weighted by molar-refractivity contribution is 7.07. The summed E-state index contributed by atoms with van der Waals surface area (Å²) in [5.41, 5.74) is 1.85. The molecule has 0 unspecified atom stereocenters. The van der Waals surface area contributed by atoms with Gasteiger partial charge in [0.05, 0.1) is 12.3 Å². The summed E-state index contributed by atoms with van der Waals surface area (Å²) in [6.45, 7) is 2.61. The first kappa shape index (κ1) is 9.98. The molecule has 2 aromatic rings. The third kappa shape index (κ3) is 2.27. The predicted octanol–water partition coefficient (Wildman–Crippen LogP) is 2.50. The Morgan fingerprint density at radius 2 is 2.07 bits per heavy atom. The fraction of sp³-hybridized carbons (Fsp3) is 0.182. The second-order valence-corrected chi connectivity index (χ2v) is 3.86. The van der Waals surface area contributed by atoms with Crippen molar-refractivity contribution in [2.75, 3.05) is 6.61 Å². The maximum Gasteiger partial charge on any atom is 0.304 e. The molecule has 0 aliphatic rings. The minimum absolute atomic E-state index is 0.0288. The van der Waals surface area contributed by atoms with Gasteiger partial charge in [-0.1, -0.05) is 11.3 Å². The Bertz CT molecular complexity index is 484. The van der Waals surface area contributed by atoms with Gasteiger partial charge in [-0.2, -0.15) is 0 Å². The van der Waals surface area contributed by atoms with Crippen molar-refractivity contribution in [1.29, 1.82) is 0 Å². The smallest absolute Gasteiger partial charge is 0.304 e. The first-order valence-corrected chi connectivity index (χ1v) is 5.58. The van der Waals surface area contributed by atoms with Crippen molar-refractivity contribution in [3.8, 4) is 17.0 Å². The standard InChI is InChI=1S/C11H11NO2S/c1-2-14-9-5-3-8(4-6-9)10-7-15-11(13)12-10/h3-7H,2H2,1H3,(H,12,13). The van der Waals surface area contributed by atoms with Crippen LogP contribution < -0.4 is 9.61 Å². The van der Waals surface area contributed by atoms with Crippen molar-refractivity contribution in [2.45, 2.75) is 6.92 Å². The van der Waals surface area contributed by atoms with Gasteiger partial charge in [0.1, 0.15) is 5.75 Å². The van der Waals surface area contributed by atoms with Crippen molar-refractivity contribution in [3.63, 3.8) is 0 Å². The summed E-state index contributed by atoms with van der Waals surface area (Å²) in [5, 5.41) is 1.82. The molecular formula is C11H11NO2S. The van der Waals surface area contributed by atoms with Gasteiger partial charge < -0.3 is 9.72 Å². The van der Waals surface area contributed by atoms with E-state index in [4.69, 9.17) is 4.74 Å². The van der Waals surface area contributed by atoms with Crippen LogP contribution in [0, 0.1) is 0 Å². The third-order valence-electron chi connectivity index (χ3n) is 2.00. The third-order valence-corrected chi connectivity index (χ3v) is 2.67. The minimum Gasteiger partial charge on any atom is -0.494 e. The van der Waals surface area contributed by atoms with Gasteiger partial charge in [0.2, 0.25) is 0 Å². The average Bonchev–Trinajstić information content (AvgIpc) is 2.67. The minimum atomic E-state index is -0.0288. The lowest BCUT2D eigenvalue weighted by molar-refractivity contribution is 0.340. The first-order valence-electron chi connectivity index (χ1n) is 4.70. The Balaban J connectivity index is 2.27. The van der Waals surface area contributed by atoms with Crippen LogP contribution in [0.4, 0.5) is 0 Å². The largest absolute Gasteiger partial charge is 0.494 e. The van der Waals surface area contributed by atoms with E-state index in [2.05, 4.69) is 4.98 Å². The molecule has 0 atom stereocenters. The topological polar surface area (TPSA) is 42.1 Å². The van der Waals surface area contributed by atoms with Crippen LogP contribution in [-0.4, -0.2) is 11.6 Å². The summed E-state index contributed by atoms with van der Waals surface area (Å²) in [6, 6.07) is 7.66. The molecule has 0 fully saturated rings. The summed E-state index contributed by atoms with van der Waals surface area (Å²) >= 11 is 1.17. The van der Waals surface area contributed by atoms with Crippen molar-refractivity contribution in [2.24, 2.45) is 0 Å². The number of benzene rings is 1. The molecule has 0 spiro atoms. The van der Waals surface area contributed by atoms with Gasteiger partial charge in [-0.05, 0) is 36.8 Å². The van der Waals surface area contributed by atoms with Gasteiger partial charge in [-0.15, -0.1) is 0 Å². The molecule has 0 amide bonds. The highest BCUT2D eigenvalue weighted by atomic mass is 32.1. The van der Waals surface area contributed by atoms with E-state index < -0.39 is 0 Å². The summed E-state index contributed by atoms with van der Waals surface area (Å²) in [5.74, 6) is 0.846. The summed E-state index contributed by atoms with van der Waals surface area (Å²) in [4.78, 5) is 13.7. The predicted molar refractivity (Wildman–Crippen MR) is 61.5 cm³/mol. The molecule has 4 heteroatoms. The maximum absolute atomic E-state index is 11.0. The molecule has 0 aliphatic heterocycles. The molecule has 0 radical (unpaired) electrons. The number of hydrogen-bond acceptors (Lipinski definition) is 3. The molecular weight excluding hydrogens is 210 g/mol. The summed E-state index contributed by atoms with van der Waals surface area (Å²) < 4.78 is 5.33. The summed E-state index contributed by atoms with van der Waals surface area (Å²) in [6.07, 6.45) is 0. The number of nitrogens with one attached hydrogen (secondary N) is 1. The lowest BCUT2D eigenvalue weighted by atomic mass is 10.2. The number of hydrogen-bond donors (Lipinski definition) is 1. The molecule has 0 saturated heterocycles. The fourth-order valence-corrected chi connectivity index (χ4v) is 1.91. The van der Waals surface area contributed by atoms with Crippen molar-refractivity contribution >= 4 is 11.3 Å². The molecule has 15 heavy (non-hydrogen) atoms. The Labute approximate surface area is 91.4 Å². The molecule has 0 aliphatic carbocycles. The number of aromatic nitrogens is 1. The van der Waals surface area contributed by atoms with Gasteiger partial charge in [0, 0.05) is 5.38 Å². The molecule has 1 heterocycles. The number of H-pyrrole nitrogens is 1. The normalized spacial score (nSPS) is 10.2. The van der Waals surface area contributed by atoms with Gasteiger partial charge in [-0.25, -0.2) is 0 Å². The molecule has 78 valence electrons. The van der Waals surface area contributed by atoms with Crippen LogP contribution in [0.15, 0.2) is 34.4 Å². The van der Waals surface area contributed by atoms with Crippen LogP contribution in [0.2, 0.25) is 0 Å². The van der Waals surface area contributed by atoms with Crippen molar-refractivity contribution in [1.82, 2.24) is 4.98 Å². The Morgan fingerprint density at radius 3 is 2.60 bits per heavy atom. The number of ether oxygens (including phenoxy) is 1. The quantitative estimate of drug-likeness (QED) is 0.865. The van der Waals surface area contributed by atoms with Gasteiger partial charge in [0.15, 0.2) is 0 Å². The van der Waals surface area contributed by atoms with Crippen LogP contribution in [0.25, 0.3) is 11.3 Å². The molecule has 2 rings (SSSR count). The zero-order valence-corrected chi connectivity index (χ0v) is 9.14. The molecule has 0 saturated carbocycles. The zero-order chi connectivity index (χ0) is 10.7. The number of rotatable bonds is 3. The molecule has 3 nitrogen and oxygen atoms in total. The van der Waals surface area contributed by atoms with Crippen LogP contribution in [0.1, 0.15) is 6.92 Å². The monoisotopic (exact) mass is 221 g/mol. The van der Waals surface area contributed by atoms with E-state index in [-0.39, 0.29) is 4.87 Å². The fourth-order valence-electron chi connectivity index (χ4n) is 1.32. The lowest BCUT2D eigenvalue weighted by Gasteiger charge is -2.03. The van der Waals surface area contributed by atoms with E-state index in [1.54, 1.807) is 0 Å². The van der Waals surface area contributed by atoms with Crippen LogP contribution in [0.5, 0.6) is 5.75 Å². The molecule has 1 aromatic heterocycles. The Morgan fingerprint density at radius 1 is 1.33 bits per heavy atom. The van der Waals surface area contributed by atoms with Crippen molar-refractivity contribution < 1.29 is 4.74 Å². The van der Waals surface area contributed by atoms with Gasteiger partial charge in [-0.3, -0.25) is 4.79 Å². The molecule has 0 bridgehead atoms. The van der Waals surface area contributed by atoms with Gasteiger partial charge >= 0.3 is 4.87 Å². The SMILES string of the molecule is CCOc1ccc(-c2csc(=O)[nH]2)cc1. The van der Waals surface area contributed by atoms with E-state index in [1.165, 1.54) is 11.3 Å². The highest BCUT2D eigenvalue weighted by Crippen LogP contribution is 2.20. The van der Waals surface area contributed by atoms with E-state index in [0.717, 1.165) is 17.0 Å². The van der Waals surface area contributed by atoms with Crippen LogP contribution in [-0.2, 0) is 0 Å². The Kier molecular flexibility index (Phi) is 2.87. The second kappa shape index (κ2) is 4.31. The lowest BCUT2D eigenvalue weighted by Crippen LogP contribution is -1.93. The number of thiazole rings is 1. The van der Waals surface area contributed by atoms with Crippen LogP contribution >= 0.6 is 11.3 Å². The first-order chi connectivity index (χ1) is 7.29. The maximum atomic E-state index is 11.0.